The zero-order chi connectivity index (χ0) is 14.4. The van der Waals surface area contributed by atoms with Crippen LogP contribution < -0.4 is 21.0 Å². The van der Waals surface area contributed by atoms with Gasteiger partial charge in [-0.15, -0.1) is 4.73 Å². The maximum Gasteiger partial charge on any atom is 0.332 e. The number of hydrogen-bond acceptors (Lipinski definition) is 7. The van der Waals surface area contributed by atoms with Crippen LogP contribution in [-0.4, -0.2) is 39.9 Å². The number of aromatic nitrogens is 4. The molecule has 2 rings (SSSR count). The van der Waals surface area contributed by atoms with Gasteiger partial charge in [-0.2, -0.15) is 4.98 Å². The van der Waals surface area contributed by atoms with Gasteiger partial charge in [0.05, 0.1) is 7.11 Å². The zero-order valence-electron chi connectivity index (χ0n) is 11.6. The van der Waals surface area contributed by atoms with Crippen molar-refractivity contribution in [1.29, 1.82) is 0 Å². The van der Waals surface area contributed by atoms with Gasteiger partial charge in [-0.1, -0.05) is 6.42 Å². The molecule has 0 aliphatic rings. The second-order valence-electron chi connectivity index (χ2n) is 4.36. The quantitative estimate of drug-likeness (QED) is 0.671. The Morgan fingerprint density at radius 2 is 2.00 bits per heavy atom. The topological polar surface area (TPSA) is 114 Å². The van der Waals surface area contributed by atoms with Crippen molar-refractivity contribution < 1.29 is 9.57 Å². The third-order valence-corrected chi connectivity index (χ3v) is 2.91. The van der Waals surface area contributed by atoms with E-state index in [1.54, 1.807) is 0 Å². The van der Waals surface area contributed by atoms with Crippen molar-refractivity contribution in [3.8, 4) is 6.01 Å². The van der Waals surface area contributed by atoms with Crippen LogP contribution in [0.1, 0.15) is 25.7 Å². The van der Waals surface area contributed by atoms with Crippen LogP contribution >= 0.6 is 0 Å². The van der Waals surface area contributed by atoms with E-state index < -0.39 is 0 Å². The number of anilines is 1. The number of hydrogen-bond donors (Lipinski definition) is 2. The Morgan fingerprint density at radius 3 is 2.75 bits per heavy atom. The Balaban J connectivity index is 2.03. The molecule has 0 aliphatic carbocycles. The first-order valence-corrected chi connectivity index (χ1v) is 6.64. The molecular weight excluding hydrogens is 260 g/mol. The average Bonchev–Trinajstić information content (AvgIpc) is 2.82. The molecule has 110 valence electrons. The number of imidazole rings is 1. The number of unbranched alkanes of at least 4 members (excludes halogenated alkanes) is 3. The minimum absolute atomic E-state index is 0.304. The molecule has 2 aromatic rings. The van der Waals surface area contributed by atoms with Gasteiger partial charge in [0.25, 0.3) is 0 Å². The smallest absolute Gasteiger partial charge is 0.332 e. The van der Waals surface area contributed by atoms with E-state index in [2.05, 4.69) is 15.0 Å². The predicted molar refractivity (Wildman–Crippen MR) is 75.3 cm³/mol. The van der Waals surface area contributed by atoms with E-state index >= 15 is 0 Å². The fourth-order valence-electron chi connectivity index (χ4n) is 1.87. The number of nitrogens with two attached hydrogens (primary N) is 2. The second-order valence-corrected chi connectivity index (χ2v) is 4.36. The maximum atomic E-state index is 5.75. The van der Waals surface area contributed by atoms with E-state index in [1.807, 2.05) is 0 Å². The fourth-order valence-corrected chi connectivity index (χ4v) is 1.87. The molecule has 2 aromatic heterocycles. The van der Waals surface area contributed by atoms with Crippen molar-refractivity contribution in [1.82, 2.24) is 19.7 Å². The van der Waals surface area contributed by atoms with Crippen LogP contribution in [0.25, 0.3) is 11.2 Å². The van der Waals surface area contributed by atoms with Crippen LogP contribution in [0, 0.1) is 0 Å². The lowest BCUT2D eigenvalue weighted by molar-refractivity contribution is 0.0928. The average molecular weight is 280 g/mol. The van der Waals surface area contributed by atoms with Crippen LogP contribution in [0.3, 0.4) is 0 Å². The molecule has 0 aliphatic heterocycles. The summed E-state index contributed by atoms with van der Waals surface area (Å²) in [5, 5.41) is 0. The van der Waals surface area contributed by atoms with Crippen LogP contribution in [0.4, 0.5) is 5.82 Å². The minimum Gasteiger partial charge on any atom is -0.466 e. The monoisotopic (exact) mass is 280 g/mol. The molecular formula is C12H20N6O2. The van der Waals surface area contributed by atoms with E-state index in [9.17, 15) is 0 Å². The molecule has 0 spiro atoms. The van der Waals surface area contributed by atoms with Crippen LogP contribution in [0.2, 0.25) is 0 Å². The number of rotatable bonds is 8. The van der Waals surface area contributed by atoms with Gasteiger partial charge in [0.1, 0.15) is 12.9 Å². The lowest BCUT2D eigenvalue weighted by Gasteiger charge is -2.08. The van der Waals surface area contributed by atoms with Gasteiger partial charge < -0.3 is 21.0 Å². The molecule has 2 heterocycles. The van der Waals surface area contributed by atoms with E-state index in [0.29, 0.717) is 29.6 Å². The van der Waals surface area contributed by atoms with Gasteiger partial charge in [-0.3, -0.25) is 0 Å². The number of fused-ring (bicyclic) bond motifs is 1. The first-order valence-electron chi connectivity index (χ1n) is 6.64. The van der Waals surface area contributed by atoms with Crippen molar-refractivity contribution in [2.45, 2.75) is 25.7 Å². The molecule has 0 amide bonds. The molecule has 0 saturated heterocycles. The number of nitrogens with zero attached hydrogens (tertiary/aromatic N) is 4. The number of ether oxygens (including phenoxy) is 1. The summed E-state index contributed by atoms with van der Waals surface area (Å²) < 4.78 is 6.62. The maximum absolute atomic E-state index is 5.75. The molecule has 0 saturated carbocycles. The lowest BCUT2D eigenvalue weighted by atomic mass is 10.2. The summed E-state index contributed by atoms with van der Waals surface area (Å²) in [5.41, 5.74) is 12.2. The van der Waals surface area contributed by atoms with Crippen molar-refractivity contribution in [3.05, 3.63) is 6.33 Å². The highest BCUT2D eigenvalue weighted by Gasteiger charge is 2.16. The minimum atomic E-state index is 0.304. The summed E-state index contributed by atoms with van der Waals surface area (Å²) in [7, 11) is 1.52. The Kier molecular flexibility index (Phi) is 4.94. The van der Waals surface area contributed by atoms with E-state index in [-0.39, 0.29) is 0 Å². The van der Waals surface area contributed by atoms with Crippen molar-refractivity contribution in [3.63, 3.8) is 0 Å². The van der Waals surface area contributed by atoms with E-state index in [1.165, 1.54) is 18.2 Å². The molecule has 8 heteroatoms. The SMILES string of the molecule is COc1nc2c(N)ncnc2n1OCCCCCCN. The highest BCUT2D eigenvalue weighted by molar-refractivity contribution is 5.82. The summed E-state index contributed by atoms with van der Waals surface area (Å²) in [5.74, 6) is 0.304. The van der Waals surface area contributed by atoms with Gasteiger partial charge in [0, 0.05) is 0 Å². The third kappa shape index (κ3) is 3.08. The number of nitrogen functional groups attached to an aromatic ring is 1. The molecule has 8 nitrogen and oxygen atoms in total. The van der Waals surface area contributed by atoms with Crippen LogP contribution in [0.5, 0.6) is 6.01 Å². The molecule has 4 N–H and O–H groups in total. The largest absolute Gasteiger partial charge is 0.466 e. The molecule has 0 atom stereocenters. The normalized spacial score (nSPS) is 10.9. The van der Waals surface area contributed by atoms with Gasteiger partial charge in [-0.05, 0) is 25.8 Å². The Bertz CT molecular complexity index is 556. The number of methoxy groups -OCH3 is 1. The van der Waals surface area contributed by atoms with Crippen molar-refractivity contribution >= 4 is 17.0 Å². The Labute approximate surface area is 117 Å². The molecule has 20 heavy (non-hydrogen) atoms. The van der Waals surface area contributed by atoms with Crippen molar-refractivity contribution in [2.24, 2.45) is 5.73 Å². The van der Waals surface area contributed by atoms with Crippen LogP contribution in [0.15, 0.2) is 6.33 Å². The zero-order valence-corrected chi connectivity index (χ0v) is 11.6. The van der Waals surface area contributed by atoms with E-state index in [4.69, 9.17) is 21.0 Å². The van der Waals surface area contributed by atoms with Gasteiger partial charge in [0.2, 0.25) is 5.65 Å². The van der Waals surface area contributed by atoms with Gasteiger partial charge in [-0.25, -0.2) is 9.97 Å². The highest BCUT2D eigenvalue weighted by atomic mass is 16.7. The molecule has 0 bridgehead atoms. The molecule has 0 unspecified atom stereocenters. The fraction of sp³-hybridized carbons (Fsp3) is 0.583. The summed E-state index contributed by atoms with van der Waals surface area (Å²) in [4.78, 5) is 17.9. The third-order valence-electron chi connectivity index (χ3n) is 2.91. The summed E-state index contributed by atoms with van der Waals surface area (Å²) >= 11 is 0. The summed E-state index contributed by atoms with van der Waals surface area (Å²) in [6.07, 6.45) is 5.53. The van der Waals surface area contributed by atoms with E-state index in [0.717, 1.165) is 32.2 Å². The lowest BCUT2D eigenvalue weighted by Crippen LogP contribution is -2.14. The molecule has 0 fully saturated rings. The highest BCUT2D eigenvalue weighted by Crippen LogP contribution is 2.20. The predicted octanol–water partition coefficient (Wildman–Crippen LogP) is 0.365. The van der Waals surface area contributed by atoms with Gasteiger partial charge >= 0.3 is 6.01 Å². The molecule has 0 radical (unpaired) electrons. The van der Waals surface area contributed by atoms with Crippen LogP contribution in [-0.2, 0) is 0 Å². The molecule has 0 aromatic carbocycles. The Morgan fingerprint density at radius 1 is 1.20 bits per heavy atom. The van der Waals surface area contributed by atoms with Crippen molar-refractivity contribution in [2.75, 3.05) is 26.0 Å². The van der Waals surface area contributed by atoms with Gasteiger partial charge in [0.15, 0.2) is 11.3 Å². The summed E-state index contributed by atoms with van der Waals surface area (Å²) in [6.45, 7) is 1.29. The first-order chi connectivity index (χ1) is 9.77. The first kappa shape index (κ1) is 14.3. The second kappa shape index (κ2) is 6.90. The Hall–Kier alpha value is -2.09. The summed E-state index contributed by atoms with van der Waals surface area (Å²) in [6, 6.07) is 0.314. The standard InChI is InChI=1S/C12H20N6O2/c1-19-12-17-9-10(14)15-8-16-11(9)18(12)20-7-5-3-2-4-6-13/h8H,2-7,13H2,1H3,(H2,14,15,16).